The third kappa shape index (κ3) is 6.97. The van der Waals surface area contributed by atoms with Crippen molar-refractivity contribution in [2.75, 3.05) is 36.4 Å². The van der Waals surface area contributed by atoms with E-state index in [1.165, 1.54) is 30.3 Å². The Morgan fingerprint density at radius 2 is 1.77 bits per heavy atom. The summed E-state index contributed by atoms with van der Waals surface area (Å²) < 4.78 is 56.0. The molecule has 0 aliphatic carbocycles. The minimum Gasteiger partial charge on any atom is -0.368 e. The summed E-state index contributed by atoms with van der Waals surface area (Å²) in [5.74, 6) is -1.09. The summed E-state index contributed by atoms with van der Waals surface area (Å²) in [6, 6.07) is 9.55. The number of hydrogen-bond donors (Lipinski definition) is 3. The van der Waals surface area contributed by atoms with Crippen molar-refractivity contribution >= 4 is 53.3 Å². The predicted octanol–water partition coefficient (Wildman–Crippen LogP) is 5.41. The second-order valence-corrected chi connectivity index (χ2v) is 8.84. The fourth-order valence-corrected chi connectivity index (χ4v) is 4.42. The summed E-state index contributed by atoms with van der Waals surface area (Å²) in [6.45, 7) is 2.10. The lowest BCUT2D eigenvalue weighted by atomic mass is 10.0. The lowest BCUT2D eigenvalue weighted by Crippen LogP contribution is -2.44. The van der Waals surface area contributed by atoms with Crippen LogP contribution in [0.4, 0.5) is 28.9 Å². The number of rotatable bonds is 6. The van der Waals surface area contributed by atoms with E-state index in [2.05, 4.69) is 25.6 Å². The van der Waals surface area contributed by atoms with Crippen molar-refractivity contribution in [3.8, 4) is 0 Å². The Morgan fingerprint density at radius 3 is 2.51 bits per heavy atom. The number of hydrogen-bond acceptors (Lipinski definition) is 5. The highest BCUT2D eigenvalue weighted by Gasteiger charge is 2.35. The zero-order valence-electron chi connectivity index (χ0n) is 20.5. The molecule has 5 rings (SSSR count). The number of carbonyl (C=O) groups excluding carboxylic acids is 1. The molecule has 1 aliphatic heterocycles. The quantitative estimate of drug-likeness (QED) is 0.264. The summed E-state index contributed by atoms with van der Waals surface area (Å²) >= 11 is 0. The van der Waals surface area contributed by atoms with Gasteiger partial charge in [-0.15, -0.1) is 24.8 Å². The molecule has 0 radical (unpaired) electrons. The first-order valence-electron chi connectivity index (χ1n) is 11.8. The number of amides is 1. The van der Waals surface area contributed by atoms with Gasteiger partial charge in [-0.1, -0.05) is 0 Å². The van der Waals surface area contributed by atoms with Gasteiger partial charge in [0.05, 0.1) is 11.9 Å². The normalized spacial score (nSPS) is 13.5. The number of aryl methyl sites for hydroxylation is 2. The molecule has 1 saturated heterocycles. The first kappa shape index (κ1) is 30.1. The summed E-state index contributed by atoms with van der Waals surface area (Å²) in [7, 11) is 0. The molecule has 2 aromatic carbocycles. The van der Waals surface area contributed by atoms with Crippen LogP contribution in [-0.2, 0) is 19.0 Å². The highest BCUT2D eigenvalue weighted by molar-refractivity contribution is 6.04. The van der Waals surface area contributed by atoms with E-state index in [4.69, 9.17) is 0 Å². The Hall–Kier alpha value is -3.41. The molecule has 13 heteroatoms. The maximum atomic E-state index is 14.5. The van der Waals surface area contributed by atoms with E-state index in [-0.39, 0.29) is 41.8 Å². The van der Waals surface area contributed by atoms with Crippen molar-refractivity contribution in [1.29, 1.82) is 0 Å². The van der Waals surface area contributed by atoms with Crippen molar-refractivity contribution in [3.63, 3.8) is 0 Å². The molecule has 0 bridgehead atoms. The second-order valence-electron chi connectivity index (χ2n) is 8.84. The van der Waals surface area contributed by atoms with Crippen LogP contribution in [-0.4, -0.2) is 47.0 Å². The molecule has 3 heterocycles. The van der Waals surface area contributed by atoms with Crippen LogP contribution in [0.2, 0.25) is 0 Å². The number of nitrogens with one attached hydrogen (secondary N) is 3. The van der Waals surface area contributed by atoms with Crippen LogP contribution < -0.4 is 15.5 Å². The Kier molecular flexibility index (Phi) is 9.76. The molecule has 0 unspecified atom stereocenters. The van der Waals surface area contributed by atoms with Crippen LogP contribution in [0.3, 0.4) is 0 Å². The lowest BCUT2D eigenvalue weighted by Gasteiger charge is -2.31. The van der Waals surface area contributed by atoms with Gasteiger partial charge < -0.3 is 20.5 Å². The number of aromatic nitrogens is 3. The van der Waals surface area contributed by atoms with Gasteiger partial charge in [0.15, 0.2) is 5.65 Å². The van der Waals surface area contributed by atoms with Gasteiger partial charge in [0, 0.05) is 49.3 Å². The van der Waals surface area contributed by atoms with Gasteiger partial charge in [-0.05, 0) is 66.4 Å². The third-order valence-corrected chi connectivity index (χ3v) is 6.34. The number of anilines is 2. The molecular weight excluding hydrogens is 559 g/mol. The highest BCUT2D eigenvalue weighted by Crippen LogP contribution is 2.38. The van der Waals surface area contributed by atoms with Crippen molar-refractivity contribution in [2.24, 2.45) is 0 Å². The second kappa shape index (κ2) is 12.6. The number of fused-ring (bicyclic) bond motifs is 1. The largest absolute Gasteiger partial charge is 0.418 e. The van der Waals surface area contributed by atoms with E-state index in [0.29, 0.717) is 55.7 Å². The zero-order chi connectivity index (χ0) is 26.0. The summed E-state index contributed by atoms with van der Waals surface area (Å²) in [6.07, 6.45) is -0.586. The number of imidazole rings is 1. The SMILES string of the molecule is Cl.Cl.O=C(Nc1ccc(N2CCNCC2)c(C(F)(F)F)c1)c1ccc(F)c(CCc2cnc3[nH]cnc3c2)c1. The minimum absolute atomic E-state index is 0. The molecule has 4 aromatic rings. The van der Waals surface area contributed by atoms with E-state index < -0.39 is 23.5 Å². The molecular formula is C26H26Cl2F4N6O. The number of nitrogens with zero attached hydrogens (tertiary/aromatic N) is 3. The monoisotopic (exact) mass is 584 g/mol. The smallest absolute Gasteiger partial charge is 0.368 e. The Labute approximate surface area is 234 Å². The Morgan fingerprint density at radius 1 is 1.00 bits per heavy atom. The molecule has 1 amide bonds. The molecule has 39 heavy (non-hydrogen) atoms. The van der Waals surface area contributed by atoms with Crippen LogP contribution in [0, 0.1) is 5.82 Å². The predicted molar refractivity (Wildman–Crippen MR) is 147 cm³/mol. The van der Waals surface area contributed by atoms with Crippen LogP contribution in [0.1, 0.15) is 27.0 Å². The van der Waals surface area contributed by atoms with Crippen molar-refractivity contribution in [3.05, 3.63) is 83.1 Å². The van der Waals surface area contributed by atoms with Gasteiger partial charge in [-0.25, -0.2) is 14.4 Å². The van der Waals surface area contributed by atoms with E-state index in [1.807, 2.05) is 6.07 Å². The van der Waals surface area contributed by atoms with Crippen LogP contribution in [0.15, 0.2) is 55.0 Å². The Bertz CT molecular complexity index is 1440. The summed E-state index contributed by atoms with van der Waals surface area (Å²) in [4.78, 5) is 25.9. The van der Waals surface area contributed by atoms with Crippen LogP contribution in [0.25, 0.3) is 11.2 Å². The molecule has 3 N–H and O–H groups in total. The van der Waals surface area contributed by atoms with Gasteiger partial charge >= 0.3 is 6.18 Å². The molecule has 0 saturated carbocycles. The maximum Gasteiger partial charge on any atom is 0.418 e. The van der Waals surface area contributed by atoms with Crippen molar-refractivity contribution in [2.45, 2.75) is 19.0 Å². The van der Waals surface area contributed by atoms with E-state index in [0.717, 1.165) is 11.6 Å². The van der Waals surface area contributed by atoms with Gasteiger partial charge in [-0.2, -0.15) is 13.2 Å². The molecule has 1 aliphatic rings. The van der Waals surface area contributed by atoms with E-state index >= 15 is 0 Å². The van der Waals surface area contributed by atoms with E-state index in [1.54, 1.807) is 17.4 Å². The van der Waals surface area contributed by atoms with Gasteiger partial charge in [-0.3, -0.25) is 4.79 Å². The number of aromatic amines is 1. The molecule has 0 atom stereocenters. The highest BCUT2D eigenvalue weighted by atomic mass is 35.5. The number of halogens is 6. The number of alkyl halides is 3. The number of piperazine rings is 1. The first-order chi connectivity index (χ1) is 17.8. The average Bonchev–Trinajstić information content (AvgIpc) is 3.36. The molecule has 1 fully saturated rings. The first-order valence-corrected chi connectivity index (χ1v) is 11.8. The van der Waals surface area contributed by atoms with Gasteiger partial charge in [0.2, 0.25) is 0 Å². The zero-order valence-corrected chi connectivity index (χ0v) is 22.2. The van der Waals surface area contributed by atoms with Crippen molar-refractivity contribution < 1.29 is 22.4 Å². The van der Waals surface area contributed by atoms with Gasteiger partial charge in [0.25, 0.3) is 5.91 Å². The standard InChI is InChI=1S/C26H24F4N6O.2ClH/c27-21-5-3-18(12-17(21)2-1-16-11-22-24(32-14-16)34-15-33-22)25(37)35-19-4-6-23(20(13-19)26(28,29)30)36-9-7-31-8-10-36;;/h3-6,11-15,31H,1-2,7-10H2,(H,35,37)(H,32,33,34);2*1H. The van der Waals surface area contributed by atoms with Crippen LogP contribution in [0.5, 0.6) is 0 Å². The lowest BCUT2D eigenvalue weighted by molar-refractivity contribution is -0.137. The third-order valence-electron chi connectivity index (χ3n) is 6.34. The molecule has 0 spiro atoms. The fraction of sp³-hybridized carbons (Fsp3) is 0.269. The maximum absolute atomic E-state index is 14.5. The number of pyridine rings is 1. The number of carbonyl (C=O) groups is 1. The Balaban J connectivity index is 0.00000210. The van der Waals surface area contributed by atoms with Crippen molar-refractivity contribution in [1.82, 2.24) is 20.3 Å². The average molecular weight is 585 g/mol. The molecule has 7 nitrogen and oxygen atoms in total. The summed E-state index contributed by atoms with van der Waals surface area (Å²) in [5.41, 5.74) is 1.97. The number of H-pyrrole nitrogens is 1. The molecule has 2 aromatic heterocycles. The fourth-order valence-electron chi connectivity index (χ4n) is 4.42. The summed E-state index contributed by atoms with van der Waals surface area (Å²) in [5, 5.41) is 5.64. The topological polar surface area (TPSA) is 85.9 Å². The van der Waals surface area contributed by atoms with E-state index in [9.17, 15) is 22.4 Å². The molecule has 208 valence electrons. The minimum atomic E-state index is -4.59. The number of benzene rings is 2. The van der Waals surface area contributed by atoms with Gasteiger partial charge in [0.1, 0.15) is 11.3 Å². The van der Waals surface area contributed by atoms with Crippen LogP contribution >= 0.6 is 24.8 Å².